The first kappa shape index (κ1) is 19.4. The van der Waals surface area contributed by atoms with E-state index in [0.29, 0.717) is 23.6 Å². The van der Waals surface area contributed by atoms with Crippen molar-refractivity contribution in [3.8, 4) is 5.75 Å². The summed E-state index contributed by atoms with van der Waals surface area (Å²) < 4.78 is 5.95. The lowest BCUT2D eigenvalue weighted by Crippen LogP contribution is -2.24. The van der Waals surface area contributed by atoms with Crippen LogP contribution in [0.5, 0.6) is 5.75 Å². The van der Waals surface area contributed by atoms with E-state index < -0.39 is 6.10 Å². The summed E-state index contributed by atoms with van der Waals surface area (Å²) in [5.41, 5.74) is 3.08. The lowest BCUT2D eigenvalue weighted by Gasteiger charge is -2.20. The van der Waals surface area contributed by atoms with Crippen molar-refractivity contribution in [2.75, 3.05) is 11.9 Å². The molecule has 4 nitrogen and oxygen atoms in total. The summed E-state index contributed by atoms with van der Waals surface area (Å²) in [5.74, 6) is 0.343. The lowest BCUT2D eigenvalue weighted by molar-refractivity contribution is -0.113. The zero-order valence-corrected chi connectivity index (χ0v) is 15.8. The van der Waals surface area contributed by atoms with Crippen LogP contribution < -0.4 is 9.64 Å². The van der Waals surface area contributed by atoms with Crippen molar-refractivity contribution in [2.45, 2.75) is 12.7 Å². The Hall–Kier alpha value is -3.37. The Morgan fingerprint density at radius 2 is 1.68 bits per heavy atom. The van der Waals surface area contributed by atoms with Crippen molar-refractivity contribution in [2.24, 2.45) is 0 Å². The molecule has 3 rings (SSSR count). The van der Waals surface area contributed by atoms with Crippen molar-refractivity contribution in [1.82, 2.24) is 0 Å². The third-order valence-corrected chi connectivity index (χ3v) is 4.49. The number of carbonyl (C=O) groups excluding carboxylic acids is 1. The van der Waals surface area contributed by atoms with E-state index >= 15 is 0 Å². The summed E-state index contributed by atoms with van der Waals surface area (Å²) >= 11 is 0. The molecule has 0 radical (unpaired) electrons. The fraction of sp³-hybridized carbons (Fsp3) is 0.125. The van der Waals surface area contributed by atoms with Gasteiger partial charge in [0.05, 0.1) is 0 Å². The number of rotatable bonds is 7. The minimum atomic E-state index is -0.826. The van der Waals surface area contributed by atoms with Crippen molar-refractivity contribution >= 4 is 11.6 Å². The maximum Gasteiger partial charge on any atom is 0.250 e. The quantitative estimate of drug-likeness (QED) is 0.621. The number of hydrogen-bond donors (Lipinski definition) is 1. The number of anilines is 1. The SMILES string of the molecule is C=CC(=O)N(C)c1cc(OCc2ccccc2)cc(C(O)c2ccccc2)c1. The number of aliphatic hydroxyl groups excluding tert-OH is 1. The topological polar surface area (TPSA) is 49.8 Å². The highest BCUT2D eigenvalue weighted by molar-refractivity contribution is 6.00. The van der Waals surface area contributed by atoms with E-state index in [4.69, 9.17) is 4.74 Å². The maximum atomic E-state index is 12.1. The van der Waals surface area contributed by atoms with Crippen LogP contribution in [0.15, 0.2) is 91.5 Å². The Labute approximate surface area is 165 Å². The summed E-state index contributed by atoms with van der Waals surface area (Å²) in [4.78, 5) is 13.5. The summed E-state index contributed by atoms with van der Waals surface area (Å²) in [6.45, 7) is 3.93. The number of ether oxygens (including phenoxy) is 1. The van der Waals surface area contributed by atoms with Gasteiger partial charge in [-0.15, -0.1) is 0 Å². The molecule has 0 heterocycles. The van der Waals surface area contributed by atoms with E-state index in [0.717, 1.165) is 11.1 Å². The van der Waals surface area contributed by atoms with E-state index in [-0.39, 0.29) is 5.91 Å². The second kappa shape index (κ2) is 9.02. The molecule has 28 heavy (non-hydrogen) atoms. The van der Waals surface area contributed by atoms with E-state index in [1.807, 2.05) is 60.7 Å². The number of amides is 1. The molecule has 1 unspecified atom stereocenters. The smallest absolute Gasteiger partial charge is 0.250 e. The Kier molecular flexibility index (Phi) is 6.25. The number of nitrogens with zero attached hydrogens (tertiary/aromatic N) is 1. The Morgan fingerprint density at radius 3 is 2.32 bits per heavy atom. The number of hydrogen-bond acceptors (Lipinski definition) is 3. The van der Waals surface area contributed by atoms with Gasteiger partial charge in [0.25, 0.3) is 0 Å². The number of benzene rings is 3. The number of aliphatic hydroxyl groups is 1. The monoisotopic (exact) mass is 373 g/mol. The van der Waals surface area contributed by atoms with Gasteiger partial charge in [0.15, 0.2) is 0 Å². The van der Waals surface area contributed by atoms with Crippen LogP contribution in [-0.4, -0.2) is 18.1 Å². The van der Waals surface area contributed by atoms with Gasteiger partial charge in [-0.1, -0.05) is 67.2 Å². The minimum absolute atomic E-state index is 0.236. The molecule has 0 spiro atoms. The summed E-state index contributed by atoms with van der Waals surface area (Å²) in [6.07, 6.45) is 0.428. The molecular formula is C24H23NO3. The van der Waals surface area contributed by atoms with Crippen LogP contribution >= 0.6 is 0 Å². The Morgan fingerprint density at radius 1 is 1.04 bits per heavy atom. The van der Waals surface area contributed by atoms with Gasteiger partial charge in [-0.25, -0.2) is 0 Å². The molecule has 0 aliphatic carbocycles. The van der Waals surface area contributed by atoms with E-state index in [2.05, 4.69) is 6.58 Å². The first-order valence-electron chi connectivity index (χ1n) is 9.03. The zero-order valence-electron chi connectivity index (χ0n) is 15.8. The van der Waals surface area contributed by atoms with Gasteiger partial charge in [0, 0.05) is 18.8 Å². The molecule has 0 saturated heterocycles. The Balaban J connectivity index is 1.93. The highest BCUT2D eigenvalue weighted by Gasteiger charge is 2.16. The number of likely N-dealkylation sites (N-methyl/N-ethyl adjacent to an activating group) is 1. The molecule has 1 atom stereocenters. The molecule has 0 aromatic heterocycles. The summed E-state index contributed by atoms with van der Waals surface area (Å²) in [6, 6.07) is 24.6. The summed E-state index contributed by atoms with van der Waals surface area (Å²) in [5, 5.41) is 10.8. The molecule has 1 N–H and O–H groups in total. The van der Waals surface area contributed by atoms with Crippen LogP contribution in [0, 0.1) is 0 Å². The van der Waals surface area contributed by atoms with Crippen LogP contribution in [0.1, 0.15) is 22.8 Å². The first-order chi connectivity index (χ1) is 13.6. The minimum Gasteiger partial charge on any atom is -0.489 e. The third-order valence-electron chi connectivity index (χ3n) is 4.49. The van der Waals surface area contributed by atoms with Crippen molar-refractivity contribution in [3.05, 3.63) is 108 Å². The molecule has 142 valence electrons. The zero-order chi connectivity index (χ0) is 19.9. The van der Waals surface area contributed by atoms with Gasteiger partial charge in [-0.05, 0) is 34.9 Å². The van der Waals surface area contributed by atoms with Crippen LogP contribution in [0.3, 0.4) is 0 Å². The molecule has 0 bridgehead atoms. The van der Waals surface area contributed by atoms with Crippen LogP contribution in [0.4, 0.5) is 5.69 Å². The van der Waals surface area contributed by atoms with E-state index in [1.54, 1.807) is 25.2 Å². The molecule has 0 saturated carbocycles. The van der Waals surface area contributed by atoms with Gasteiger partial charge in [0.2, 0.25) is 5.91 Å². The van der Waals surface area contributed by atoms with Gasteiger partial charge < -0.3 is 14.7 Å². The summed E-state index contributed by atoms with van der Waals surface area (Å²) in [7, 11) is 1.67. The highest BCUT2D eigenvalue weighted by Crippen LogP contribution is 2.31. The highest BCUT2D eigenvalue weighted by atomic mass is 16.5. The van der Waals surface area contributed by atoms with Crippen molar-refractivity contribution in [3.63, 3.8) is 0 Å². The largest absolute Gasteiger partial charge is 0.489 e. The van der Waals surface area contributed by atoms with E-state index in [1.165, 1.54) is 11.0 Å². The second-order valence-corrected chi connectivity index (χ2v) is 6.45. The van der Waals surface area contributed by atoms with Gasteiger partial charge in [-0.3, -0.25) is 4.79 Å². The molecule has 3 aromatic rings. The lowest BCUT2D eigenvalue weighted by atomic mass is 10.0. The van der Waals surface area contributed by atoms with Gasteiger partial charge in [0.1, 0.15) is 18.5 Å². The van der Waals surface area contributed by atoms with Crippen molar-refractivity contribution < 1.29 is 14.6 Å². The second-order valence-electron chi connectivity index (χ2n) is 6.45. The third kappa shape index (κ3) is 4.67. The molecule has 3 aromatic carbocycles. The fourth-order valence-electron chi connectivity index (χ4n) is 2.87. The molecule has 0 aliphatic heterocycles. The van der Waals surface area contributed by atoms with E-state index in [9.17, 15) is 9.90 Å². The fourth-order valence-corrected chi connectivity index (χ4v) is 2.87. The van der Waals surface area contributed by atoms with Crippen LogP contribution in [0.25, 0.3) is 0 Å². The predicted octanol–water partition coefficient (Wildman–Crippen LogP) is 4.50. The normalized spacial score (nSPS) is 11.5. The van der Waals surface area contributed by atoms with Crippen LogP contribution in [0.2, 0.25) is 0 Å². The van der Waals surface area contributed by atoms with Gasteiger partial charge in [-0.2, -0.15) is 0 Å². The standard InChI is InChI=1S/C24H23NO3/c1-3-23(26)25(2)21-14-20(24(27)19-12-8-5-9-13-19)15-22(16-21)28-17-18-10-6-4-7-11-18/h3-16,24,27H,1,17H2,2H3. The average Bonchev–Trinajstić information content (AvgIpc) is 2.77. The molecular weight excluding hydrogens is 350 g/mol. The molecule has 0 fully saturated rings. The predicted molar refractivity (Wildman–Crippen MR) is 111 cm³/mol. The van der Waals surface area contributed by atoms with Crippen LogP contribution in [-0.2, 0) is 11.4 Å². The maximum absolute atomic E-state index is 12.1. The average molecular weight is 373 g/mol. The molecule has 4 heteroatoms. The Bertz CT molecular complexity index is 939. The van der Waals surface area contributed by atoms with Gasteiger partial charge >= 0.3 is 0 Å². The first-order valence-corrected chi connectivity index (χ1v) is 9.03. The molecule has 0 aliphatic rings. The number of carbonyl (C=O) groups is 1. The van der Waals surface area contributed by atoms with Crippen molar-refractivity contribution in [1.29, 1.82) is 0 Å². The molecule has 1 amide bonds.